The lowest BCUT2D eigenvalue weighted by Gasteiger charge is -2.24. The highest BCUT2D eigenvalue weighted by atomic mass is 35.5. The summed E-state index contributed by atoms with van der Waals surface area (Å²) in [5.74, 6) is 0.0411. The molecule has 0 saturated heterocycles. The number of anilines is 1. The Morgan fingerprint density at radius 3 is 2.62 bits per heavy atom. The van der Waals surface area contributed by atoms with Gasteiger partial charge in [-0.3, -0.25) is 0 Å². The van der Waals surface area contributed by atoms with Gasteiger partial charge in [-0.15, -0.1) is 0 Å². The molecule has 0 amide bonds. The summed E-state index contributed by atoms with van der Waals surface area (Å²) in [7, 11) is 0. The summed E-state index contributed by atoms with van der Waals surface area (Å²) < 4.78 is 36.8. The fourth-order valence-corrected chi connectivity index (χ4v) is 1.40. The normalized spacial score (nSPS) is 11.6. The lowest BCUT2D eigenvalue weighted by Crippen LogP contribution is -2.38. The molecule has 0 bridgehead atoms. The van der Waals surface area contributed by atoms with Crippen molar-refractivity contribution in [1.82, 2.24) is 9.97 Å². The third-order valence-electron chi connectivity index (χ3n) is 1.72. The van der Waals surface area contributed by atoms with Crippen molar-refractivity contribution in [2.24, 2.45) is 5.73 Å². The molecule has 1 aromatic heterocycles. The molecule has 1 heterocycles. The Labute approximate surface area is 95.2 Å². The van der Waals surface area contributed by atoms with Crippen LogP contribution in [0.4, 0.5) is 19.0 Å². The molecule has 8 heteroatoms. The topological polar surface area (TPSA) is 55.0 Å². The van der Waals surface area contributed by atoms with E-state index in [1.807, 2.05) is 0 Å². The molecule has 0 atom stereocenters. The Morgan fingerprint density at radius 1 is 1.44 bits per heavy atom. The van der Waals surface area contributed by atoms with Crippen molar-refractivity contribution in [3.63, 3.8) is 0 Å². The first-order chi connectivity index (χ1) is 7.44. The van der Waals surface area contributed by atoms with Crippen LogP contribution in [0.3, 0.4) is 0 Å². The zero-order chi connectivity index (χ0) is 12.2. The smallest absolute Gasteiger partial charge is 0.345 e. The van der Waals surface area contributed by atoms with E-state index in [9.17, 15) is 13.2 Å². The van der Waals surface area contributed by atoms with Crippen molar-refractivity contribution in [3.8, 4) is 0 Å². The Hall–Kier alpha value is -1.08. The quantitative estimate of drug-likeness (QED) is 0.884. The van der Waals surface area contributed by atoms with Crippen LogP contribution in [0.2, 0.25) is 5.02 Å². The van der Waals surface area contributed by atoms with Crippen LogP contribution in [0.5, 0.6) is 0 Å². The van der Waals surface area contributed by atoms with Crippen LogP contribution in [0.25, 0.3) is 0 Å². The van der Waals surface area contributed by atoms with Gasteiger partial charge in [-0.2, -0.15) is 13.2 Å². The largest absolute Gasteiger partial charge is 0.405 e. The third-order valence-corrected chi connectivity index (χ3v) is 1.98. The molecule has 0 spiro atoms. The minimum absolute atomic E-state index is 0.0241. The Bertz CT molecular complexity index is 344. The number of halogens is 4. The van der Waals surface area contributed by atoms with Crippen LogP contribution in [0.15, 0.2) is 12.5 Å². The first kappa shape index (κ1) is 13.0. The Balaban J connectivity index is 2.89. The van der Waals surface area contributed by atoms with Crippen molar-refractivity contribution in [1.29, 1.82) is 0 Å². The van der Waals surface area contributed by atoms with Crippen LogP contribution in [0, 0.1) is 0 Å². The van der Waals surface area contributed by atoms with E-state index in [-0.39, 0.29) is 23.9 Å². The molecule has 4 nitrogen and oxygen atoms in total. The molecule has 0 aromatic carbocycles. The average Bonchev–Trinajstić information content (AvgIpc) is 2.16. The number of rotatable bonds is 4. The van der Waals surface area contributed by atoms with Crippen molar-refractivity contribution in [2.45, 2.75) is 6.18 Å². The molecule has 0 saturated carbocycles. The van der Waals surface area contributed by atoms with Gasteiger partial charge in [0.2, 0.25) is 0 Å². The van der Waals surface area contributed by atoms with Crippen molar-refractivity contribution in [3.05, 3.63) is 17.5 Å². The monoisotopic (exact) mass is 254 g/mol. The van der Waals surface area contributed by atoms with Crippen molar-refractivity contribution >= 4 is 17.4 Å². The second-order valence-corrected chi connectivity index (χ2v) is 3.43. The molecule has 16 heavy (non-hydrogen) atoms. The lowest BCUT2D eigenvalue weighted by atomic mass is 10.4. The van der Waals surface area contributed by atoms with Gasteiger partial charge in [-0.05, 0) is 0 Å². The summed E-state index contributed by atoms with van der Waals surface area (Å²) in [6, 6.07) is 0. The fraction of sp³-hybridized carbons (Fsp3) is 0.500. The molecule has 0 radical (unpaired) electrons. The van der Waals surface area contributed by atoms with Gasteiger partial charge >= 0.3 is 6.18 Å². The molecule has 1 aromatic rings. The van der Waals surface area contributed by atoms with E-state index < -0.39 is 12.7 Å². The predicted molar refractivity (Wildman–Crippen MR) is 54.4 cm³/mol. The molecular weight excluding hydrogens is 245 g/mol. The van der Waals surface area contributed by atoms with Crippen LogP contribution >= 0.6 is 11.6 Å². The molecule has 0 unspecified atom stereocenters. The third kappa shape index (κ3) is 3.82. The molecule has 2 N–H and O–H groups in total. The maximum atomic E-state index is 12.3. The first-order valence-electron chi connectivity index (χ1n) is 4.41. The molecular formula is C8H10ClF3N4. The zero-order valence-corrected chi connectivity index (χ0v) is 8.96. The summed E-state index contributed by atoms with van der Waals surface area (Å²) in [6.07, 6.45) is -1.95. The number of hydrogen-bond donors (Lipinski definition) is 1. The summed E-state index contributed by atoms with van der Waals surface area (Å²) in [4.78, 5) is 8.29. The summed E-state index contributed by atoms with van der Waals surface area (Å²) in [5, 5.41) is 0.0696. The number of hydrogen-bond acceptors (Lipinski definition) is 4. The SMILES string of the molecule is NCCN(CC(F)(F)F)c1ncncc1Cl. The molecule has 1 rings (SSSR count). The maximum Gasteiger partial charge on any atom is 0.405 e. The van der Waals surface area contributed by atoms with E-state index in [2.05, 4.69) is 9.97 Å². The van der Waals surface area contributed by atoms with Gasteiger partial charge in [0.15, 0.2) is 5.82 Å². The van der Waals surface area contributed by atoms with E-state index in [0.717, 1.165) is 11.2 Å². The molecule has 0 aliphatic heterocycles. The lowest BCUT2D eigenvalue weighted by molar-refractivity contribution is -0.119. The van der Waals surface area contributed by atoms with Gasteiger partial charge in [-0.25, -0.2) is 9.97 Å². The van der Waals surface area contributed by atoms with E-state index in [1.54, 1.807) is 0 Å². The van der Waals surface area contributed by atoms with Crippen LogP contribution in [0.1, 0.15) is 0 Å². The van der Waals surface area contributed by atoms with E-state index >= 15 is 0 Å². The maximum absolute atomic E-state index is 12.3. The molecule has 0 aliphatic carbocycles. The second-order valence-electron chi connectivity index (χ2n) is 3.02. The highest BCUT2D eigenvalue weighted by Gasteiger charge is 2.31. The number of nitrogens with two attached hydrogens (primary N) is 1. The number of alkyl halides is 3. The molecule has 0 aliphatic rings. The Kier molecular flexibility index (Phi) is 4.31. The first-order valence-corrected chi connectivity index (χ1v) is 4.79. The van der Waals surface area contributed by atoms with Gasteiger partial charge in [0, 0.05) is 13.1 Å². The van der Waals surface area contributed by atoms with Crippen LogP contribution in [-0.2, 0) is 0 Å². The minimum atomic E-state index is -4.33. The van der Waals surface area contributed by atoms with E-state index in [1.165, 1.54) is 6.20 Å². The van der Waals surface area contributed by atoms with Crippen LogP contribution in [-0.4, -0.2) is 35.8 Å². The zero-order valence-electron chi connectivity index (χ0n) is 8.21. The number of aromatic nitrogens is 2. The van der Waals surface area contributed by atoms with E-state index in [4.69, 9.17) is 17.3 Å². The van der Waals surface area contributed by atoms with Gasteiger partial charge < -0.3 is 10.6 Å². The van der Waals surface area contributed by atoms with Gasteiger partial charge in [0.05, 0.1) is 6.20 Å². The van der Waals surface area contributed by atoms with Crippen molar-refractivity contribution in [2.75, 3.05) is 24.5 Å². The Morgan fingerprint density at radius 2 is 2.12 bits per heavy atom. The summed E-state index contributed by atoms with van der Waals surface area (Å²) >= 11 is 5.71. The fourth-order valence-electron chi connectivity index (χ4n) is 1.17. The molecule has 0 fully saturated rings. The predicted octanol–water partition coefficient (Wildman–Crippen LogP) is 1.46. The van der Waals surface area contributed by atoms with Crippen LogP contribution < -0.4 is 10.6 Å². The summed E-state index contributed by atoms with van der Waals surface area (Å²) in [5.41, 5.74) is 5.24. The number of nitrogens with zero attached hydrogens (tertiary/aromatic N) is 3. The standard InChI is InChI=1S/C8H10ClF3N4/c9-6-3-14-5-15-7(6)16(2-1-13)4-8(10,11)12/h3,5H,1-2,4,13H2. The highest BCUT2D eigenvalue weighted by molar-refractivity contribution is 6.32. The average molecular weight is 255 g/mol. The van der Waals surface area contributed by atoms with Gasteiger partial charge in [0.1, 0.15) is 17.9 Å². The summed E-state index contributed by atoms with van der Waals surface area (Å²) in [6.45, 7) is -1.03. The van der Waals surface area contributed by atoms with Gasteiger partial charge in [-0.1, -0.05) is 11.6 Å². The molecule has 90 valence electrons. The minimum Gasteiger partial charge on any atom is -0.345 e. The second kappa shape index (κ2) is 5.31. The van der Waals surface area contributed by atoms with Gasteiger partial charge in [0.25, 0.3) is 0 Å². The van der Waals surface area contributed by atoms with Crippen molar-refractivity contribution < 1.29 is 13.2 Å². The highest BCUT2D eigenvalue weighted by Crippen LogP contribution is 2.25. The van der Waals surface area contributed by atoms with E-state index in [0.29, 0.717) is 0 Å².